The van der Waals surface area contributed by atoms with E-state index in [9.17, 15) is 8.78 Å². The number of rotatable bonds is 6. The molecule has 1 unspecified atom stereocenters. The Kier molecular flexibility index (Phi) is 6.78. The summed E-state index contributed by atoms with van der Waals surface area (Å²) in [6.45, 7) is 4.22. The summed E-state index contributed by atoms with van der Waals surface area (Å²) in [4.78, 5) is -0.125. The van der Waals surface area contributed by atoms with E-state index in [0.717, 1.165) is 25.7 Å². The van der Waals surface area contributed by atoms with Crippen molar-refractivity contribution in [3.63, 3.8) is 0 Å². The zero-order valence-electron chi connectivity index (χ0n) is 10.6. The van der Waals surface area contributed by atoms with E-state index in [1.54, 1.807) is 0 Å². The van der Waals surface area contributed by atoms with E-state index < -0.39 is 5.82 Å². The van der Waals surface area contributed by atoms with Crippen molar-refractivity contribution in [3.05, 3.63) is 33.8 Å². The molecular weight excluding hydrogens is 366 g/mol. The number of alkyl halides is 1. The highest BCUT2D eigenvalue weighted by molar-refractivity contribution is 9.10. The van der Waals surface area contributed by atoms with Gasteiger partial charge in [0.05, 0.1) is 4.47 Å². The fourth-order valence-corrected chi connectivity index (χ4v) is 3.38. The van der Waals surface area contributed by atoms with Gasteiger partial charge in [-0.25, -0.2) is 8.78 Å². The standard InChI is InChI=1S/C14H18Br2F2/c1-3-5-9(6-4-2)14(16)10-7-13(18)11(15)8-12(10)17/h7-9,14H,3-6H2,1-2H3. The molecule has 18 heavy (non-hydrogen) atoms. The fraction of sp³-hybridized carbons (Fsp3) is 0.571. The average molecular weight is 384 g/mol. The Morgan fingerprint density at radius 3 is 2.11 bits per heavy atom. The van der Waals surface area contributed by atoms with Gasteiger partial charge in [-0.1, -0.05) is 42.6 Å². The first-order valence-corrected chi connectivity index (χ1v) is 8.00. The second kappa shape index (κ2) is 7.59. The molecule has 0 heterocycles. The van der Waals surface area contributed by atoms with E-state index in [4.69, 9.17) is 0 Å². The second-order valence-corrected chi connectivity index (χ2v) is 6.37. The van der Waals surface area contributed by atoms with Crippen molar-refractivity contribution >= 4 is 31.9 Å². The number of hydrogen-bond donors (Lipinski definition) is 0. The lowest BCUT2D eigenvalue weighted by atomic mass is 9.91. The molecule has 0 aliphatic rings. The Morgan fingerprint density at radius 2 is 1.61 bits per heavy atom. The minimum absolute atomic E-state index is 0.125. The summed E-state index contributed by atoms with van der Waals surface area (Å²) < 4.78 is 27.6. The van der Waals surface area contributed by atoms with Crippen LogP contribution in [0.15, 0.2) is 16.6 Å². The van der Waals surface area contributed by atoms with Crippen molar-refractivity contribution in [2.45, 2.75) is 44.4 Å². The SMILES string of the molecule is CCCC(CCC)C(Br)c1cc(F)c(Br)cc1F. The van der Waals surface area contributed by atoms with Crippen molar-refractivity contribution in [3.8, 4) is 0 Å². The molecule has 102 valence electrons. The molecule has 0 nitrogen and oxygen atoms in total. The molecule has 1 atom stereocenters. The van der Waals surface area contributed by atoms with Gasteiger partial charge < -0.3 is 0 Å². The Morgan fingerprint density at radius 1 is 1.06 bits per heavy atom. The van der Waals surface area contributed by atoms with Crippen molar-refractivity contribution in [2.75, 3.05) is 0 Å². The molecule has 0 spiro atoms. The number of benzene rings is 1. The summed E-state index contributed by atoms with van der Waals surface area (Å²) in [5.41, 5.74) is 0.419. The first-order valence-electron chi connectivity index (χ1n) is 6.29. The van der Waals surface area contributed by atoms with Gasteiger partial charge >= 0.3 is 0 Å². The molecule has 0 fully saturated rings. The molecule has 0 bridgehead atoms. The van der Waals surface area contributed by atoms with E-state index in [-0.39, 0.29) is 15.1 Å². The van der Waals surface area contributed by atoms with Crippen LogP contribution >= 0.6 is 31.9 Å². The first-order chi connectivity index (χ1) is 8.51. The molecule has 0 aliphatic heterocycles. The van der Waals surface area contributed by atoms with Crippen LogP contribution < -0.4 is 0 Å². The van der Waals surface area contributed by atoms with E-state index in [0.29, 0.717) is 11.5 Å². The van der Waals surface area contributed by atoms with Crippen LogP contribution in [0.2, 0.25) is 0 Å². The molecule has 1 aromatic carbocycles. The second-order valence-electron chi connectivity index (χ2n) is 4.53. The van der Waals surface area contributed by atoms with Crippen LogP contribution in [-0.2, 0) is 0 Å². The smallest absolute Gasteiger partial charge is 0.137 e. The van der Waals surface area contributed by atoms with Gasteiger partial charge in [-0.3, -0.25) is 0 Å². The predicted molar refractivity (Wildman–Crippen MR) is 79.0 cm³/mol. The quantitative estimate of drug-likeness (QED) is 0.395. The highest BCUT2D eigenvalue weighted by atomic mass is 79.9. The zero-order valence-corrected chi connectivity index (χ0v) is 13.8. The van der Waals surface area contributed by atoms with Gasteiger partial charge in [0, 0.05) is 10.4 Å². The van der Waals surface area contributed by atoms with E-state index in [2.05, 4.69) is 45.7 Å². The minimum atomic E-state index is -0.414. The van der Waals surface area contributed by atoms with Crippen LogP contribution in [0.25, 0.3) is 0 Å². The van der Waals surface area contributed by atoms with Crippen LogP contribution in [0.5, 0.6) is 0 Å². The molecule has 4 heteroatoms. The summed E-state index contributed by atoms with van der Waals surface area (Å²) >= 11 is 6.54. The summed E-state index contributed by atoms with van der Waals surface area (Å²) in [7, 11) is 0. The number of halogens is 4. The molecule has 0 saturated heterocycles. The maximum Gasteiger partial charge on any atom is 0.137 e. The van der Waals surface area contributed by atoms with Crippen molar-refractivity contribution < 1.29 is 8.78 Å². The lowest BCUT2D eigenvalue weighted by Gasteiger charge is -2.22. The largest absolute Gasteiger partial charge is 0.207 e. The lowest BCUT2D eigenvalue weighted by molar-refractivity contribution is 0.425. The van der Waals surface area contributed by atoms with Crippen molar-refractivity contribution in [1.82, 2.24) is 0 Å². The maximum absolute atomic E-state index is 13.9. The summed E-state index contributed by atoms with van der Waals surface area (Å²) in [6.07, 6.45) is 4.13. The van der Waals surface area contributed by atoms with Crippen LogP contribution in [0.3, 0.4) is 0 Å². The Bertz CT molecular complexity index is 388. The predicted octanol–water partition coefficient (Wildman–Crippen LogP) is 6.38. The zero-order chi connectivity index (χ0) is 13.7. The third-order valence-corrected chi connectivity index (χ3v) is 4.92. The minimum Gasteiger partial charge on any atom is -0.207 e. The third-order valence-electron chi connectivity index (χ3n) is 3.07. The average Bonchev–Trinajstić information content (AvgIpc) is 2.33. The topological polar surface area (TPSA) is 0 Å². The lowest BCUT2D eigenvalue weighted by Crippen LogP contribution is -2.09. The van der Waals surface area contributed by atoms with E-state index in [1.807, 2.05) is 0 Å². The van der Waals surface area contributed by atoms with Crippen LogP contribution in [0, 0.1) is 17.6 Å². The molecule has 0 radical (unpaired) electrons. The molecule has 0 aliphatic carbocycles. The van der Waals surface area contributed by atoms with Gasteiger partial charge in [-0.15, -0.1) is 0 Å². The maximum atomic E-state index is 13.9. The van der Waals surface area contributed by atoms with E-state index in [1.165, 1.54) is 12.1 Å². The highest BCUT2D eigenvalue weighted by Gasteiger charge is 2.23. The third kappa shape index (κ3) is 4.02. The van der Waals surface area contributed by atoms with Gasteiger partial charge in [0.1, 0.15) is 11.6 Å². The first kappa shape index (κ1) is 16.1. The van der Waals surface area contributed by atoms with Crippen LogP contribution in [0.1, 0.15) is 49.9 Å². The van der Waals surface area contributed by atoms with Crippen LogP contribution in [0.4, 0.5) is 8.78 Å². The van der Waals surface area contributed by atoms with Crippen molar-refractivity contribution in [2.24, 2.45) is 5.92 Å². The molecular formula is C14H18Br2F2. The molecule has 0 aromatic heterocycles. The normalized spacial score (nSPS) is 13.1. The summed E-state index contributed by atoms with van der Waals surface area (Å²) in [6, 6.07) is 2.49. The number of hydrogen-bond acceptors (Lipinski definition) is 0. The van der Waals surface area contributed by atoms with Gasteiger partial charge in [-0.2, -0.15) is 0 Å². The van der Waals surface area contributed by atoms with Gasteiger partial charge in [-0.05, 0) is 46.8 Å². The molecule has 0 N–H and O–H groups in total. The molecule has 1 rings (SSSR count). The van der Waals surface area contributed by atoms with Gasteiger partial charge in [0.15, 0.2) is 0 Å². The summed E-state index contributed by atoms with van der Waals surface area (Å²) in [5, 5.41) is 0. The van der Waals surface area contributed by atoms with E-state index >= 15 is 0 Å². The molecule has 1 aromatic rings. The molecule has 0 amide bonds. The summed E-state index contributed by atoms with van der Waals surface area (Å²) in [5.74, 6) is -0.431. The molecule has 0 saturated carbocycles. The monoisotopic (exact) mass is 382 g/mol. The van der Waals surface area contributed by atoms with Gasteiger partial charge in [0.2, 0.25) is 0 Å². The van der Waals surface area contributed by atoms with Crippen LogP contribution in [-0.4, -0.2) is 0 Å². The Balaban J connectivity index is 3.00. The fourth-order valence-electron chi connectivity index (χ4n) is 2.18. The van der Waals surface area contributed by atoms with Gasteiger partial charge in [0.25, 0.3) is 0 Å². The Labute approximate surface area is 124 Å². The van der Waals surface area contributed by atoms with Crippen molar-refractivity contribution in [1.29, 1.82) is 0 Å². The highest BCUT2D eigenvalue weighted by Crippen LogP contribution is 2.39. The Hall–Kier alpha value is 0.0400.